The average Bonchev–Trinajstić information content (AvgIpc) is 3.24. The Morgan fingerprint density at radius 3 is 3.00 bits per heavy atom. The molecule has 1 saturated carbocycles. The van der Waals surface area contributed by atoms with Gasteiger partial charge in [-0.3, -0.25) is 4.79 Å². The summed E-state index contributed by atoms with van der Waals surface area (Å²) < 4.78 is 0. The first-order chi connectivity index (χ1) is 11.3. The first-order valence-corrected chi connectivity index (χ1v) is 8.04. The fourth-order valence-electron chi connectivity index (χ4n) is 3.38. The Morgan fingerprint density at radius 1 is 1.26 bits per heavy atom. The molecule has 0 aliphatic heterocycles. The van der Waals surface area contributed by atoms with E-state index >= 15 is 0 Å². The number of nitrogens with one attached hydrogen (secondary N) is 3. The van der Waals surface area contributed by atoms with Crippen LogP contribution in [0.1, 0.15) is 48.0 Å². The van der Waals surface area contributed by atoms with Crippen LogP contribution >= 0.6 is 0 Å². The van der Waals surface area contributed by atoms with Gasteiger partial charge in [0.15, 0.2) is 5.82 Å². The Morgan fingerprint density at radius 2 is 2.17 bits per heavy atom. The first kappa shape index (κ1) is 14.0. The van der Waals surface area contributed by atoms with E-state index in [-0.39, 0.29) is 11.9 Å². The molecule has 1 fully saturated rings. The van der Waals surface area contributed by atoms with Gasteiger partial charge in [0.2, 0.25) is 0 Å². The van der Waals surface area contributed by atoms with Gasteiger partial charge in [-0.15, -0.1) is 0 Å². The van der Waals surface area contributed by atoms with Crippen molar-refractivity contribution in [1.29, 1.82) is 0 Å². The quantitative estimate of drug-likeness (QED) is 0.695. The van der Waals surface area contributed by atoms with Gasteiger partial charge in [-0.2, -0.15) is 0 Å². The second-order valence-corrected chi connectivity index (χ2v) is 6.11. The number of hydrogen-bond acceptors (Lipinski definition) is 3. The maximum atomic E-state index is 12.1. The van der Waals surface area contributed by atoms with Gasteiger partial charge in [0.25, 0.3) is 5.91 Å². The Balaban J connectivity index is 1.47. The summed E-state index contributed by atoms with van der Waals surface area (Å²) in [6.45, 7) is 0. The lowest BCUT2D eigenvalue weighted by molar-refractivity contribution is 0.0915. The van der Waals surface area contributed by atoms with Gasteiger partial charge >= 0.3 is 0 Å². The van der Waals surface area contributed by atoms with Crippen molar-refractivity contribution in [3.8, 4) is 0 Å². The SMILES string of the molecule is O=C(NC1CCCC(c2nc3ccccc3[nH]2)C1)c1ncc[nH]1. The van der Waals surface area contributed by atoms with E-state index in [1.165, 1.54) is 0 Å². The number of aromatic amines is 2. The third-order valence-corrected chi connectivity index (χ3v) is 4.52. The number of carbonyl (C=O) groups excluding carboxylic acids is 1. The number of hydrogen-bond donors (Lipinski definition) is 3. The van der Waals surface area contributed by atoms with Crippen LogP contribution < -0.4 is 5.32 Å². The van der Waals surface area contributed by atoms with Crippen molar-refractivity contribution in [2.24, 2.45) is 0 Å². The van der Waals surface area contributed by atoms with Crippen molar-refractivity contribution in [3.63, 3.8) is 0 Å². The number of benzene rings is 1. The summed E-state index contributed by atoms with van der Waals surface area (Å²) in [5.41, 5.74) is 2.08. The molecule has 2 atom stereocenters. The molecular weight excluding hydrogens is 290 g/mol. The summed E-state index contributed by atoms with van der Waals surface area (Å²) in [4.78, 5) is 27.1. The number of aromatic nitrogens is 4. The Labute approximate surface area is 133 Å². The molecule has 3 N–H and O–H groups in total. The topological polar surface area (TPSA) is 86.5 Å². The van der Waals surface area contributed by atoms with Crippen LogP contribution in [0.15, 0.2) is 36.7 Å². The number of rotatable bonds is 3. The highest BCUT2D eigenvalue weighted by Crippen LogP contribution is 2.32. The van der Waals surface area contributed by atoms with E-state index in [0.717, 1.165) is 42.5 Å². The van der Waals surface area contributed by atoms with Gasteiger partial charge in [0.05, 0.1) is 11.0 Å². The van der Waals surface area contributed by atoms with Crippen LogP contribution in [-0.2, 0) is 0 Å². The second kappa shape index (κ2) is 5.87. The Bertz CT molecular complexity index is 774. The van der Waals surface area contributed by atoms with E-state index in [1.54, 1.807) is 12.4 Å². The van der Waals surface area contributed by atoms with E-state index in [0.29, 0.717) is 11.7 Å². The summed E-state index contributed by atoms with van der Waals surface area (Å²) in [6, 6.07) is 8.25. The van der Waals surface area contributed by atoms with E-state index in [1.807, 2.05) is 24.3 Å². The largest absolute Gasteiger partial charge is 0.347 e. The molecule has 3 aromatic rings. The lowest BCUT2D eigenvalue weighted by atomic mass is 9.85. The third kappa shape index (κ3) is 2.84. The van der Waals surface area contributed by atoms with E-state index in [9.17, 15) is 4.79 Å². The van der Waals surface area contributed by atoms with Crippen molar-refractivity contribution >= 4 is 16.9 Å². The summed E-state index contributed by atoms with van der Waals surface area (Å²) in [5.74, 6) is 1.63. The van der Waals surface area contributed by atoms with E-state index < -0.39 is 0 Å². The van der Waals surface area contributed by atoms with Gasteiger partial charge < -0.3 is 15.3 Å². The van der Waals surface area contributed by atoms with Gasteiger partial charge in [-0.05, 0) is 31.4 Å². The molecule has 4 rings (SSSR count). The first-order valence-electron chi connectivity index (χ1n) is 8.04. The van der Waals surface area contributed by atoms with Crippen molar-refractivity contribution in [2.75, 3.05) is 0 Å². The normalized spacial score (nSPS) is 21.4. The van der Waals surface area contributed by atoms with Crippen LogP contribution in [0.25, 0.3) is 11.0 Å². The maximum absolute atomic E-state index is 12.1. The number of imidazole rings is 2. The number of carbonyl (C=O) groups is 1. The van der Waals surface area contributed by atoms with Gasteiger partial charge in [0, 0.05) is 24.4 Å². The van der Waals surface area contributed by atoms with Crippen molar-refractivity contribution in [1.82, 2.24) is 25.3 Å². The molecule has 1 aliphatic carbocycles. The molecular formula is C17H19N5O. The maximum Gasteiger partial charge on any atom is 0.287 e. The Hall–Kier alpha value is -2.63. The van der Waals surface area contributed by atoms with Crippen LogP contribution in [0.3, 0.4) is 0 Å². The molecule has 0 saturated heterocycles. The van der Waals surface area contributed by atoms with Crippen LogP contribution in [0.2, 0.25) is 0 Å². The zero-order chi connectivity index (χ0) is 15.6. The lowest BCUT2D eigenvalue weighted by Gasteiger charge is -2.28. The lowest BCUT2D eigenvalue weighted by Crippen LogP contribution is -2.38. The monoisotopic (exact) mass is 309 g/mol. The van der Waals surface area contributed by atoms with Crippen molar-refractivity contribution in [3.05, 3.63) is 48.3 Å². The number of H-pyrrole nitrogens is 2. The molecule has 118 valence electrons. The minimum Gasteiger partial charge on any atom is -0.347 e. The Kier molecular flexibility index (Phi) is 3.57. The smallest absolute Gasteiger partial charge is 0.287 e. The average molecular weight is 309 g/mol. The van der Waals surface area contributed by atoms with Crippen LogP contribution in [0.4, 0.5) is 0 Å². The van der Waals surface area contributed by atoms with Gasteiger partial charge in [-0.1, -0.05) is 18.6 Å². The fourth-order valence-corrected chi connectivity index (χ4v) is 3.38. The summed E-state index contributed by atoms with van der Waals surface area (Å²) in [5, 5.41) is 3.08. The number of amides is 1. The molecule has 6 nitrogen and oxygen atoms in total. The molecule has 6 heteroatoms. The predicted octanol–water partition coefficient (Wildman–Crippen LogP) is 2.74. The minimum absolute atomic E-state index is 0.134. The predicted molar refractivity (Wildman–Crippen MR) is 87.1 cm³/mol. The molecule has 23 heavy (non-hydrogen) atoms. The number of nitrogens with zero attached hydrogens (tertiary/aromatic N) is 2. The molecule has 0 spiro atoms. The third-order valence-electron chi connectivity index (χ3n) is 4.52. The van der Waals surface area contributed by atoms with Crippen LogP contribution in [0, 0.1) is 0 Å². The van der Waals surface area contributed by atoms with Crippen LogP contribution in [-0.4, -0.2) is 31.9 Å². The molecule has 2 aromatic heterocycles. The zero-order valence-electron chi connectivity index (χ0n) is 12.7. The van der Waals surface area contributed by atoms with Gasteiger partial charge in [0.1, 0.15) is 5.82 Å². The summed E-state index contributed by atoms with van der Waals surface area (Å²) >= 11 is 0. The van der Waals surface area contributed by atoms with Crippen molar-refractivity contribution in [2.45, 2.75) is 37.6 Å². The van der Waals surface area contributed by atoms with E-state index in [4.69, 9.17) is 4.98 Å². The number of para-hydroxylation sites is 2. The van der Waals surface area contributed by atoms with Crippen molar-refractivity contribution < 1.29 is 4.79 Å². The molecule has 2 heterocycles. The molecule has 0 bridgehead atoms. The van der Waals surface area contributed by atoms with E-state index in [2.05, 4.69) is 20.3 Å². The highest BCUT2D eigenvalue weighted by atomic mass is 16.2. The second-order valence-electron chi connectivity index (χ2n) is 6.11. The summed E-state index contributed by atoms with van der Waals surface area (Å²) in [7, 11) is 0. The zero-order valence-corrected chi connectivity index (χ0v) is 12.7. The summed E-state index contributed by atoms with van der Waals surface area (Å²) in [6.07, 6.45) is 7.35. The minimum atomic E-state index is -0.134. The van der Waals surface area contributed by atoms with Crippen LogP contribution in [0.5, 0.6) is 0 Å². The number of fused-ring (bicyclic) bond motifs is 1. The highest BCUT2D eigenvalue weighted by Gasteiger charge is 2.27. The fraction of sp³-hybridized carbons (Fsp3) is 0.353. The molecule has 0 radical (unpaired) electrons. The standard InChI is InChI=1S/C17H19N5O/c23-17(16-18-8-9-19-16)20-12-5-3-4-11(10-12)15-21-13-6-1-2-7-14(13)22-15/h1-2,6-9,11-12H,3-5,10H2,(H,18,19)(H,20,23)(H,21,22). The van der Waals surface area contributed by atoms with Gasteiger partial charge in [-0.25, -0.2) is 9.97 Å². The molecule has 1 amide bonds. The molecule has 2 unspecified atom stereocenters. The molecule has 1 aromatic carbocycles. The molecule has 1 aliphatic rings. The highest BCUT2D eigenvalue weighted by molar-refractivity contribution is 5.90.